The van der Waals surface area contributed by atoms with Crippen LogP contribution in [-0.4, -0.2) is 22.8 Å². The second kappa shape index (κ2) is 3.77. The number of benzene rings is 1. The van der Waals surface area contributed by atoms with Crippen LogP contribution >= 0.6 is 0 Å². The average Bonchev–Trinajstić information content (AvgIpc) is 2.54. The predicted molar refractivity (Wildman–Crippen MR) is 60.5 cm³/mol. The van der Waals surface area contributed by atoms with E-state index in [1.165, 1.54) is 0 Å². The maximum absolute atomic E-state index is 10.7. The predicted octanol–water partition coefficient (Wildman–Crippen LogP) is 1.32. The van der Waals surface area contributed by atoms with Crippen molar-refractivity contribution < 1.29 is 14.6 Å². The summed E-state index contributed by atoms with van der Waals surface area (Å²) in [5, 5.41) is 9.56. The topological polar surface area (TPSA) is 77.5 Å². The van der Waals surface area contributed by atoms with Gasteiger partial charge in [-0.05, 0) is 18.2 Å². The van der Waals surface area contributed by atoms with Gasteiger partial charge in [0.1, 0.15) is 12.3 Å². The van der Waals surface area contributed by atoms with Gasteiger partial charge in [-0.2, -0.15) is 0 Å². The van der Waals surface area contributed by atoms with Crippen molar-refractivity contribution in [2.45, 2.75) is 6.54 Å². The van der Waals surface area contributed by atoms with Crippen LogP contribution in [0.15, 0.2) is 24.4 Å². The number of ether oxygens (including phenoxy) is 1. The number of anilines is 1. The molecule has 0 aliphatic carbocycles. The number of nitrogen functional groups attached to an aromatic ring is 1. The number of carboxylic acid groups (broad SMARTS) is 1. The van der Waals surface area contributed by atoms with Gasteiger partial charge in [-0.15, -0.1) is 0 Å². The minimum atomic E-state index is -0.896. The zero-order chi connectivity index (χ0) is 11.7. The highest BCUT2D eigenvalue weighted by Crippen LogP contribution is 2.27. The molecule has 3 N–H and O–H groups in total. The van der Waals surface area contributed by atoms with E-state index in [1.807, 2.05) is 0 Å². The summed E-state index contributed by atoms with van der Waals surface area (Å²) in [5.41, 5.74) is 7.15. The van der Waals surface area contributed by atoms with E-state index in [9.17, 15) is 4.79 Å². The van der Waals surface area contributed by atoms with E-state index in [0.29, 0.717) is 11.4 Å². The fraction of sp³-hybridized carbons (Fsp3) is 0.182. The molecule has 2 rings (SSSR count). The first-order valence-electron chi connectivity index (χ1n) is 4.76. The van der Waals surface area contributed by atoms with Crippen molar-refractivity contribution in [3.63, 3.8) is 0 Å². The van der Waals surface area contributed by atoms with Gasteiger partial charge < -0.3 is 20.1 Å². The van der Waals surface area contributed by atoms with Crippen molar-refractivity contribution >= 4 is 22.6 Å². The molecule has 1 aromatic carbocycles. The molecule has 0 bridgehead atoms. The monoisotopic (exact) mass is 220 g/mol. The lowest BCUT2D eigenvalue weighted by atomic mass is 10.2. The molecule has 0 unspecified atom stereocenters. The Morgan fingerprint density at radius 1 is 1.56 bits per heavy atom. The van der Waals surface area contributed by atoms with Crippen LogP contribution in [-0.2, 0) is 11.3 Å². The normalized spacial score (nSPS) is 10.6. The van der Waals surface area contributed by atoms with Crippen LogP contribution < -0.4 is 10.5 Å². The largest absolute Gasteiger partial charge is 0.497 e. The van der Waals surface area contributed by atoms with Gasteiger partial charge in [0.25, 0.3) is 0 Å². The smallest absolute Gasteiger partial charge is 0.323 e. The molecule has 0 saturated carbocycles. The summed E-state index contributed by atoms with van der Waals surface area (Å²) in [5.74, 6) is -0.194. The molecule has 1 heterocycles. The molecule has 0 aliphatic heterocycles. The number of hydrogen-bond acceptors (Lipinski definition) is 3. The van der Waals surface area contributed by atoms with Gasteiger partial charge in [-0.3, -0.25) is 4.79 Å². The number of hydrogen-bond donors (Lipinski definition) is 2. The molecule has 0 spiro atoms. The third-order valence-electron chi connectivity index (χ3n) is 2.42. The number of fused-ring (bicyclic) bond motifs is 1. The van der Waals surface area contributed by atoms with Crippen LogP contribution in [0, 0.1) is 0 Å². The lowest BCUT2D eigenvalue weighted by Crippen LogP contribution is -2.07. The maximum atomic E-state index is 10.7. The molecule has 5 nitrogen and oxygen atoms in total. The van der Waals surface area contributed by atoms with E-state index < -0.39 is 5.97 Å². The summed E-state index contributed by atoms with van der Waals surface area (Å²) < 4.78 is 6.69. The molecule has 1 aromatic heterocycles. The molecule has 2 aromatic rings. The summed E-state index contributed by atoms with van der Waals surface area (Å²) in [6, 6.07) is 5.37. The van der Waals surface area contributed by atoms with Crippen molar-refractivity contribution in [1.29, 1.82) is 0 Å². The first kappa shape index (κ1) is 10.4. The molecule has 16 heavy (non-hydrogen) atoms. The highest BCUT2D eigenvalue weighted by atomic mass is 16.5. The first-order valence-corrected chi connectivity index (χ1v) is 4.76. The number of nitrogens with two attached hydrogens (primary N) is 1. The van der Waals surface area contributed by atoms with Crippen LogP contribution in [0.3, 0.4) is 0 Å². The molecule has 84 valence electrons. The number of aromatic nitrogens is 1. The Labute approximate surface area is 92.0 Å². The second-order valence-electron chi connectivity index (χ2n) is 3.49. The van der Waals surface area contributed by atoms with Gasteiger partial charge in [-0.1, -0.05) is 0 Å². The van der Waals surface area contributed by atoms with Gasteiger partial charge in [0.2, 0.25) is 0 Å². The van der Waals surface area contributed by atoms with E-state index in [-0.39, 0.29) is 6.54 Å². The van der Waals surface area contributed by atoms with Crippen LogP contribution in [0.25, 0.3) is 10.9 Å². The number of methoxy groups -OCH3 is 1. The molecule has 0 atom stereocenters. The number of nitrogens with zero attached hydrogens (tertiary/aromatic N) is 1. The second-order valence-corrected chi connectivity index (χ2v) is 3.49. The summed E-state index contributed by atoms with van der Waals surface area (Å²) >= 11 is 0. The summed E-state index contributed by atoms with van der Waals surface area (Å²) in [6.07, 6.45) is 1.62. The Morgan fingerprint density at radius 3 is 2.94 bits per heavy atom. The average molecular weight is 220 g/mol. The molecule has 0 aliphatic rings. The summed E-state index contributed by atoms with van der Waals surface area (Å²) in [7, 11) is 1.58. The number of carbonyl (C=O) groups is 1. The van der Waals surface area contributed by atoms with Gasteiger partial charge in [0.05, 0.1) is 18.3 Å². The van der Waals surface area contributed by atoms with Crippen LogP contribution in [0.5, 0.6) is 5.75 Å². The maximum Gasteiger partial charge on any atom is 0.323 e. The fourth-order valence-electron chi connectivity index (χ4n) is 1.71. The number of rotatable bonds is 3. The first-order chi connectivity index (χ1) is 7.61. The number of carboxylic acids is 1. The van der Waals surface area contributed by atoms with Crippen LogP contribution in [0.4, 0.5) is 5.69 Å². The number of aliphatic carboxylic acids is 1. The summed E-state index contributed by atoms with van der Waals surface area (Å²) in [6.45, 7) is -0.0972. The van der Waals surface area contributed by atoms with E-state index >= 15 is 0 Å². The molecule has 0 amide bonds. The van der Waals surface area contributed by atoms with Gasteiger partial charge in [0.15, 0.2) is 0 Å². The van der Waals surface area contributed by atoms with E-state index in [1.54, 1.807) is 36.1 Å². The Balaban J connectivity index is 2.57. The van der Waals surface area contributed by atoms with Crippen molar-refractivity contribution in [3.05, 3.63) is 24.4 Å². The van der Waals surface area contributed by atoms with Crippen molar-refractivity contribution in [1.82, 2.24) is 4.57 Å². The van der Waals surface area contributed by atoms with Crippen molar-refractivity contribution in [3.8, 4) is 5.75 Å². The van der Waals surface area contributed by atoms with E-state index in [0.717, 1.165) is 10.9 Å². The third kappa shape index (κ3) is 1.67. The Bertz CT molecular complexity index is 545. The lowest BCUT2D eigenvalue weighted by molar-refractivity contribution is -0.137. The zero-order valence-corrected chi connectivity index (χ0v) is 8.80. The molecule has 0 saturated heterocycles. The minimum absolute atomic E-state index is 0.0972. The standard InChI is InChI=1S/C11H12N2O3/c1-16-7-2-3-10-8(4-7)9(12)5-13(10)6-11(14)15/h2-5H,6,12H2,1H3,(H,14,15). The zero-order valence-electron chi connectivity index (χ0n) is 8.80. The van der Waals surface area contributed by atoms with Crippen LogP contribution in [0.2, 0.25) is 0 Å². The Hall–Kier alpha value is -2.17. The fourth-order valence-corrected chi connectivity index (χ4v) is 1.71. The molecule has 0 radical (unpaired) electrons. The summed E-state index contributed by atoms with van der Waals surface area (Å²) in [4.78, 5) is 10.7. The highest BCUT2D eigenvalue weighted by molar-refractivity contribution is 5.93. The highest BCUT2D eigenvalue weighted by Gasteiger charge is 2.09. The molecular formula is C11H12N2O3. The third-order valence-corrected chi connectivity index (χ3v) is 2.42. The Morgan fingerprint density at radius 2 is 2.31 bits per heavy atom. The van der Waals surface area contributed by atoms with Gasteiger partial charge >= 0.3 is 5.97 Å². The Kier molecular flexibility index (Phi) is 2.44. The molecular weight excluding hydrogens is 208 g/mol. The van der Waals surface area contributed by atoms with Gasteiger partial charge in [0, 0.05) is 11.6 Å². The quantitative estimate of drug-likeness (QED) is 0.817. The van der Waals surface area contributed by atoms with Crippen molar-refractivity contribution in [2.24, 2.45) is 0 Å². The molecule has 0 fully saturated rings. The lowest BCUT2D eigenvalue weighted by Gasteiger charge is -2.02. The van der Waals surface area contributed by atoms with Gasteiger partial charge in [-0.25, -0.2) is 0 Å². The van der Waals surface area contributed by atoms with E-state index in [2.05, 4.69) is 0 Å². The minimum Gasteiger partial charge on any atom is -0.497 e. The molecule has 5 heteroatoms. The SMILES string of the molecule is COc1ccc2c(c1)c(N)cn2CC(=O)O. The van der Waals surface area contributed by atoms with Crippen molar-refractivity contribution in [2.75, 3.05) is 12.8 Å². The van der Waals surface area contributed by atoms with E-state index in [4.69, 9.17) is 15.6 Å². The van der Waals surface area contributed by atoms with Crippen LogP contribution in [0.1, 0.15) is 0 Å².